The third-order valence-electron chi connectivity index (χ3n) is 4.43. The second-order valence-electron chi connectivity index (χ2n) is 7.40. The van der Waals surface area contributed by atoms with Crippen molar-refractivity contribution < 1.29 is 19.8 Å². The fraction of sp³-hybridized carbons (Fsp3) is 0.500. The van der Waals surface area contributed by atoms with E-state index in [0.717, 1.165) is 6.54 Å². The second kappa shape index (κ2) is 8.36. The van der Waals surface area contributed by atoms with E-state index in [1.54, 1.807) is 18.2 Å². The van der Waals surface area contributed by atoms with Crippen molar-refractivity contribution in [2.24, 2.45) is 5.92 Å². The molecule has 1 amide bonds. The number of amides is 1. The van der Waals surface area contributed by atoms with Crippen LogP contribution in [0.15, 0.2) is 35.6 Å². The highest BCUT2D eigenvalue weighted by atomic mass is 16.3. The molecule has 0 saturated carbocycles. The van der Waals surface area contributed by atoms with Crippen molar-refractivity contribution in [2.45, 2.75) is 32.7 Å². The summed E-state index contributed by atoms with van der Waals surface area (Å²) in [5.41, 5.74) is 0.553. The zero-order chi connectivity index (χ0) is 19.4. The van der Waals surface area contributed by atoms with Gasteiger partial charge in [0, 0.05) is 18.5 Å². The summed E-state index contributed by atoms with van der Waals surface area (Å²) in [6, 6.07) is 5.89. The SMILES string of the molecule is CC(C)CC(=O)C1=C(O)C(=O)N(CCCN(C)C)C1c1ccccc1O. The number of hydrogen-bond donors (Lipinski definition) is 2. The number of phenolic OH excluding ortho intramolecular Hbond substituents is 1. The van der Waals surface area contributed by atoms with E-state index in [1.807, 2.05) is 32.8 Å². The van der Waals surface area contributed by atoms with E-state index < -0.39 is 17.7 Å². The summed E-state index contributed by atoms with van der Waals surface area (Å²) in [6.45, 7) is 4.98. The molecular formula is C20H28N2O4. The van der Waals surface area contributed by atoms with Crippen molar-refractivity contribution in [3.63, 3.8) is 0 Å². The predicted molar refractivity (Wildman–Crippen MR) is 99.8 cm³/mol. The number of ketones is 1. The average Bonchev–Trinajstić information content (AvgIpc) is 2.79. The Labute approximate surface area is 154 Å². The molecule has 0 radical (unpaired) electrons. The lowest BCUT2D eigenvalue weighted by atomic mass is 9.91. The van der Waals surface area contributed by atoms with Crippen molar-refractivity contribution in [1.29, 1.82) is 0 Å². The number of para-hydroxylation sites is 1. The van der Waals surface area contributed by atoms with Crippen LogP contribution >= 0.6 is 0 Å². The summed E-state index contributed by atoms with van der Waals surface area (Å²) in [5.74, 6) is -1.19. The van der Waals surface area contributed by atoms with E-state index in [9.17, 15) is 19.8 Å². The topological polar surface area (TPSA) is 81.1 Å². The monoisotopic (exact) mass is 360 g/mol. The first-order chi connectivity index (χ1) is 12.2. The number of carbonyl (C=O) groups excluding carboxylic acids is 2. The van der Waals surface area contributed by atoms with Crippen LogP contribution in [0.25, 0.3) is 0 Å². The molecule has 1 aliphatic heterocycles. The van der Waals surface area contributed by atoms with Crippen LogP contribution in [0.4, 0.5) is 0 Å². The first-order valence-corrected chi connectivity index (χ1v) is 8.94. The first kappa shape index (κ1) is 20.0. The molecule has 0 fully saturated rings. The lowest BCUT2D eigenvalue weighted by molar-refractivity contribution is -0.129. The van der Waals surface area contributed by atoms with Crippen LogP contribution < -0.4 is 0 Å². The minimum atomic E-state index is -0.753. The molecule has 1 aromatic rings. The van der Waals surface area contributed by atoms with Gasteiger partial charge < -0.3 is 20.0 Å². The van der Waals surface area contributed by atoms with Gasteiger partial charge in [-0.15, -0.1) is 0 Å². The fourth-order valence-corrected chi connectivity index (χ4v) is 3.25. The molecule has 2 N–H and O–H groups in total. The Morgan fingerprint density at radius 3 is 2.46 bits per heavy atom. The molecule has 0 bridgehead atoms. The van der Waals surface area contributed by atoms with Gasteiger partial charge in [-0.25, -0.2) is 0 Å². The minimum Gasteiger partial charge on any atom is -0.508 e. The van der Waals surface area contributed by atoms with E-state index in [1.165, 1.54) is 11.0 Å². The van der Waals surface area contributed by atoms with Gasteiger partial charge in [-0.1, -0.05) is 32.0 Å². The van der Waals surface area contributed by atoms with Gasteiger partial charge in [0.15, 0.2) is 11.5 Å². The van der Waals surface area contributed by atoms with Crippen molar-refractivity contribution >= 4 is 11.7 Å². The molecule has 1 heterocycles. The number of benzene rings is 1. The number of aliphatic hydroxyl groups excluding tert-OH is 1. The van der Waals surface area contributed by atoms with Gasteiger partial charge in [-0.3, -0.25) is 9.59 Å². The number of aliphatic hydroxyl groups is 1. The maximum Gasteiger partial charge on any atom is 0.290 e. The maximum atomic E-state index is 12.7. The van der Waals surface area contributed by atoms with E-state index in [-0.39, 0.29) is 29.4 Å². The average molecular weight is 360 g/mol. The highest BCUT2D eigenvalue weighted by Gasteiger charge is 2.43. The van der Waals surface area contributed by atoms with Crippen LogP contribution in [-0.4, -0.2) is 58.9 Å². The molecule has 0 aromatic heterocycles. The zero-order valence-electron chi connectivity index (χ0n) is 15.9. The molecule has 2 rings (SSSR count). The van der Waals surface area contributed by atoms with Crippen molar-refractivity contribution in [2.75, 3.05) is 27.2 Å². The van der Waals surface area contributed by atoms with E-state index in [2.05, 4.69) is 0 Å². The Bertz CT molecular complexity index is 710. The molecule has 1 aliphatic rings. The van der Waals surface area contributed by atoms with E-state index in [0.29, 0.717) is 18.5 Å². The molecule has 6 heteroatoms. The molecule has 1 unspecified atom stereocenters. The molecule has 0 spiro atoms. The quantitative estimate of drug-likeness (QED) is 0.745. The lowest BCUT2D eigenvalue weighted by Gasteiger charge is -2.28. The number of rotatable bonds is 8. The number of carbonyl (C=O) groups is 2. The Kier molecular flexibility index (Phi) is 6.42. The number of nitrogens with zero attached hydrogens (tertiary/aromatic N) is 2. The summed E-state index contributed by atoms with van der Waals surface area (Å²) >= 11 is 0. The third-order valence-corrected chi connectivity index (χ3v) is 4.43. The number of hydrogen-bond acceptors (Lipinski definition) is 5. The largest absolute Gasteiger partial charge is 0.508 e. The summed E-state index contributed by atoms with van der Waals surface area (Å²) in [6.07, 6.45) is 0.935. The summed E-state index contributed by atoms with van der Waals surface area (Å²) in [5, 5.41) is 20.7. The van der Waals surface area contributed by atoms with Crippen LogP contribution in [0.3, 0.4) is 0 Å². The Balaban J connectivity index is 2.42. The van der Waals surface area contributed by atoms with E-state index in [4.69, 9.17) is 0 Å². The molecule has 26 heavy (non-hydrogen) atoms. The standard InChI is InChI=1S/C20H28N2O4/c1-13(2)12-16(24)17-18(14-8-5-6-9-15(14)23)22(20(26)19(17)25)11-7-10-21(3)4/h5-6,8-9,13,18,23,25H,7,10-12H2,1-4H3. The summed E-state index contributed by atoms with van der Waals surface area (Å²) in [7, 11) is 3.89. The third kappa shape index (κ3) is 4.25. The van der Waals surface area contributed by atoms with Crippen molar-refractivity contribution in [3.05, 3.63) is 41.2 Å². The first-order valence-electron chi connectivity index (χ1n) is 8.94. The van der Waals surface area contributed by atoms with Crippen molar-refractivity contribution in [3.8, 4) is 5.75 Å². The van der Waals surface area contributed by atoms with Gasteiger partial charge in [0.25, 0.3) is 5.91 Å². The number of phenols is 1. The Morgan fingerprint density at radius 2 is 1.88 bits per heavy atom. The molecule has 0 aliphatic carbocycles. The van der Waals surface area contributed by atoms with Gasteiger partial charge in [-0.05, 0) is 39.0 Å². The van der Waals surface area contributed by atoms with Gasteiger partial charge in [0.2, 0.25) is 0 Å². The molecular weight excluding hydrogens is 332 g/mol. The van der Waals surface area contributed by atoms with Gasteiger partial charge >= 0.3 is 0 Å². The predicted octanol–water partition coefficient (Wildman–Crippen LogP) is 2.65. The van der Waals surface area contributed by atoms with Gasteiger partial charge in [-0.2, -0.15) is 0 Å². The van der Waals surface area contributed by atoms with Crippen LogP contribution in [0.2, 0.25) is 0 Å². The minimum absolute atomic E-state index is 0.00690. The molecule has 1 atom stereocenters. The van der Waals surface area contributed by atoms with E-state index >= 15 is 0 Å². The molecule has 0 saturated heterocycles. The summed E-state index contributed by atoms with van der Waals surface area (Å²) in [4.78, 5) is 28.9. The van der Waals surface area contributed by atoms with Crippen LogP contribution in [0.1, 0.15) is 38.3 Å². The highest BCUT2D eigenvalue weighted by Crippen LogP contribution is 2.41. The highest BCUT2D eigenvalue weighted by molar-refractivity contribution is 6.09. The van der Waals surface area contributed by atoms with Gasteiger partial charge in [0.05, 0.1) is 11.6 Å². The number of aromatic hydroxyl groups is 1. The number of Topliss-reactive ketones (excluding diaryl/α,β-unsaturated/α-hetero) is 1. The van der Waals surface area contributed by atoms with Crippen molar-refractivity contribution in [1.82, 2.24) is 9.80 Å². The molecule has 6 nitrogen and oxygen atoms in total. The fourth-order valence-electron chi connectivity index (χ4n) is 3.25. The lowest BCUT2D eigenvalue weighted by Crippen LogP contribution is -2.33. The second-order valence-corrected chi connectivity index (χ2v) is 7.40. The van der Waals surface area contributed by atoms with Crippen LogP contribution in [0, 0.1) is 5.92 Å². The molecule has 142 valence electrons. The smallest absolute Gasteiger partial charge is 0.290 e. The Hall–Kier alpha value is -2.34. The van der Waals surface area contributed by atoms with Gasteiger partial charge in [0.1, 0.15) is 5.75 Å². The Morgan fingerprint density at radius 1 is 1.23 bits per heavy atom. The van der Waals surface area contributed by atoms with Crippen LogP contribution in [-0.2, 0) is 9.59 Å². The zero-order valence-corrected chi connectivity index (χ0v) is 15.9. The normalized spacial score (nSPS) is 17.7. The molecule has 1 aromatic carbocycles. The van der Waals surface area contributed by atoms with Crippen LogP contribution in [0.5, 0.6) is 5.75 Å². The maximum absolute atomic E-state index is 12.7. The summed E-state index contributed by atoms with van der Waals surface area (Å²) < 4.78 is 0.